The number of rotatable bonds is 4. The number of fused-ring (bicyclic) bond motifs is 1. The molecule has 0 radical (unpaired) electrons. The van der Waals surface area contributed by atoms with Crippen LogP contribution >= 0.6 is 0 Å². The number of nitrogens with one attached hydrogen (secondary N) is 1. The predicted octanol–water partition coefficient (Wildman–Crippen LogP) is 3.41. The summed E-state index contributed by atoms with van der Waals surface area (Å²) in [4.78, 5) is 29.9. The van der Waals surface area contributed by atoms with Gasteiger partial charge in [0.1, 0.15) is 11.4 Å². The number of aromatic amines is 1. The number of aromatic carboxylic acids is 1. The molecule has 0 aliphatic rings. The van der Waals surface area contributed by atoms with E-state index in [1.807, 2.05) is 25.1 Å². The standard InChI is InChI=1S/C18H16N2O4/c1-3-24-18(23)16-7-12-6-11(4-5-14(12)20-16)13-8-15(17(21)22)19-9-10(13)2/h4-9,20H,3H2,1-2H3,(H,21,22). The van der Waals surface area contributed by atoms with Crippen molar-refractivity contribution in [1.82, 2.24) is 9.97 Å². The highest BCUT2D eigenvalue weighted by molar-refractivity contribution is 5.96. The zero-order valence-corrected chi connectivity index (χ0v) is 13.3. The van der Waals surface area contributed by atoms with Crippen molar-refractivity contribution in [3.63, 3.8) is 0 Å². The Hall–Kier alpha value is -3.15. The normalized spacial score (nSPS) is 10.8. The van der Waals surface area contributed by atoms with Crippen LogP contribution in [0.1, 0.15) is 33.5 Å². The van der Waals surface area contributed by atoms with E-state index in [0.29, 0.717) is 12.3 Å². The number of hydrogen-bond acceptors (Lipinski definition) is 4. The Bertz CT molecular complexity index is 943. The molecule has 0 unspecified atom stereocenters. The third-order valence-corrected chi connectivity index (χ3v) is 3.75. The van der Waals surface area contributed by atoms with Crippen molar-refractivity contribution in [2.24, 2.45) is 0 Å². The molecule has 2 heterocycles. The van der Waals surface area contributed by atoms with Crippen LogP contribution in [0.5, 0.6) is 0 Å². The minimum absolute atomic E-state index is 0.00280. The first-order valence-corrected chi connectivity index (χ1v) is 7.49. The van der Waals surface area contributed by atoms with Gasteiger partial charge in [-0.3, -0.25) is 0 Å². The predicted molar refractivity (Wildman–Crippen MR) is 89.2 cm³/mol. The molecule has 122 valence electrons. The number of esters is 1. The van der Waals surface area contributed by atoms with E-state index < -0.39 is 11.9 Å². The largest absolute Gasteiger partial charge is 0.477 e. The first kappa shape index (κ1) is 15.7. The van der Waals surface area contributed by atoms with Crippen LogP contribution in [0.15, 0.2) is 36.5 Å². The molecule has 0 aliphatic heterocycles. The van der Waals surface area contributed by atoms with Gasteiger partial charge in [-0.1, -0.05) is 6.07 Å². The monoisotopic (exact) mass is 324 g/mol. The highest BCUT2D eigenvalue weighted by atomic mass is 16.5. The summed E-state index contributed by atoms with van der Waals surface area (Å²) in [6.45, 7) is 3.94. The average molecular weight is 324 g/mol. The summed E-state index contributed by atoms with van der Waals surface area (Å²) in [6, 6.07) is 8.92. The maximum absolute atomic E-state index is 11.8. The van der Waals surface area contributed by atoms with Crippen molar-refractivity contribution in [2.45, 2.75) is 13.8 Å². The van der Waals surface area contributed by atoms with Gasteiger partial charge in [0.2, 0.25) is 0 Å². The molecule has 6 nitrogen and oxygen atoms in total. The van der Waals surface area contributed by atoms with Crippen LogP contribution in [0.25, 0.3) is 22.0 Å². The number of carboxylic acid groups (broad SMARTS) is 1. The highest BCUT2D eigenvalue weighted by Crippen LogP contribution is 2.28. The van der Waals surface area contributed by atoms with Gasteiger partial charge in [0.25, 0.3) is 0 Å². The van der Waals surface area contributed by atoms with Gasteiger partial charge in [0, 0.05) is 17.1 Å². The molecule has 2 N–H and O–H groups in total. The van der Waals surface area contributed by atoms with Gasteiger partial charge < -0.3 is 14.8 Å². The number of carbonyl (C=O) groups is 2. The lowest BCUT2D eigenvalue weighted by atomic mass is 10.00. The lowest BCUT2D eigenvalue weighted by Crippen LogP contribution is -2.04. The summed E-state index contributed by atoms with van der Waals surface area (Å²) in [7, 11) is 0. The van der Waals surface area contributed by atoms with Crippen molar-refractivity contribution < 1.29 is 19.4 Å². The Kier molecular flexibility index (Phi) is 4.04. The molecule has 0 bridgehead atoms. The summed E-state index contributed by atoms with van der Waals surface area (Å²) in [6.07, 6.45) is 1.55. The zero-order valence-electron chi connectivity index (χ0n) is 13.3. The topological polar surface area (TPSA) is 92.3 Å². The smallest absolute Gasteiger partial charge is 0.354 e. The maximum atomic E-state index is 11.8. The maximum Gasteiger partial charge on any atom is 0.354 e. The van der Waals surface area contributed by atoms with Crippen molar-refractivity contribution in [3.05, 3.63) is 53.5 Å². The summed E-state index contributed by atoms with van der Waals surface area (Å²) < 4.78 is 4.99. The van der Waals surface area contributed by atoms with Gasteiger partial charge in [-0.25, -0.2) is 14.6 Å². The molecule has 0 fully saturated rings. The molecule has 0 amide bonds. The van der Waals surface area contributed by atoms with Crippen molar-refractivity contribution in [1.29, 1.82) is 0 Å². The van der Waals surface area contributed by atoms with E-state index in [9.17, 15) is 9.59 Å². The molecule has 2 aromatic heterocycles. The number of benzene rings is 1. The lowest BCUT2D eigenvalue weighted by Gasteiger charge is -2.07. The first-order valence-electron chi connectivity index (χ1n) is 7.49. The Morgan fingerprint density at radius 2 is 2.04 bits per heavy atom. The quantitative estimate of drug-likeness (QED) is 0.717. The molecule has 3 aromatic rings. The van der Waals surface area contributed by atoms with E-state index in [1.54, 1.807) is 25.3 Å². The van der Waals surface area contributed by atoms with Crippen LogP contribution < -0.4 is 0 Å². The fourth-order valence-corrected chi connectivity index (χ4v) is 2.57. The second-order valence-corrected chi connectivity index (χ2v) is 5.40. The van der Waals surface area contributed by atoms with E-state index in [2.05, 4.69) is 9.97 Å². The fraction of sp³-hybridized carbons (Fsp3) is 0.167. The number of carbonyl (C=O) groups excluding carboxylic acids is 1. The van der Waals surface area contributed by atoms with E-state index in [0.717, 1.165) is 27.6 Å². The van der Waals surface area contributed by atoms with E-state index in [-0.39, 0.29) is 5.69 Å². The number of hydrogen-bond donors (Lipinski definition) is 2. The molecule has 6 heteroatoms. The van der Waals surface area contributed by atoms with Crippen LogP contribution in [-0.2, 0) is 4.74 Å². The Morgan fingerprint density at radius 1 is 1.25 bits per heavy atom. The highest BCUT2D eigenvalue weighted by Gasteiger charge is 2.13. The summed E-state index contributed by atoms with van der Waals surface area (Å²) in [5, 5.41) is 9.97. The lowest BCUT2D eigenvalue weighted by molar-refractivity contribution is 0.0520. The SMILES string of the molecule is CCOC(=O)c1cc2cc(-c3cc(C(=O)O)ncc3C)ccc2[nH]1. The number of aromatic nitrogens is 2. The Labute approximate surface area is 138 Å². The number of aryl methyl sites for hydroxylation is 1. The van der Waals surface area contributed by atoms with Crippen LogP contribution in [-0.4, -0.2) is 33.6 Å². The van der Waals surface area contributed by atoms with E-state index >= 15 is 0 Å². The van der Waals surface area contributed by atoms with Crippen molar-refractivity contribution in [2.75, 3.05) is 6.61 Å². The molecule has 1 aromatic carbocycles. The fourth-order valence-electron chi connectivity index (χ4n) is 2.57. The van der Waals surface area contributed by atoms with Gasteiger partial charge in [0.15, 0.2) is 0 Å². The van der Waals surface area contributed by atoms with Crippen LogP contribution in [0.3, 0.4) is 0 Å². The molecule has 0 spiro atoms. The molecular weight excluding hydrogens is 308 g/mol. The minimum Gasteiger partial charge on any atom is -0.477 e. The van der Waals surface area contributed by atoms with Crippen LogP contribution in [0.2, 0.25) is 0 Å². The summed E-state index contributed by atoms with van der Waals surface area (Å²) in [5.41, 5.74) is 3.73. The van der Waals surface area contributed by atoms with E-state index in [1.165, 1.54) is 0 Å². The minimum atomic E-state index is -1.07. The Balaban J connectivity index is 2.06. The van der Waals surface area contributed by atoms with Crippen molar-refractivity contribution >= 4 is 22.8 Å². The molecular formula is C18H16N2O4. The zero-order chi connectivity index (χ0) is 17.3. The van der Waals surface area contributed by atoms with Crippen molar-refractivity contribution in [3.8, 4) is 11.1 Å². The number of H-pyrrole nitrogens is 1. The number of ether oxygens (including phenoxy) is 1. The molecule has 0 saturated carbocycles. The van der Waals surface area contributed by atoms with Crippen LogP contribution in [0, 0.1) is 6.92 Å². The second kappa shape index (κ2) is 6.16. The van der Waals surface area contributed by atoms with Crippen LogP contribution in [0.4, 0.5) is 0 Å². The van der Waals surface area contributed by atoms with Gasteiger partial charge in [-0.05, 0) is 54.8 Å². The number of nitrogens with zero attached hydrogens (tertiary/aromatic N) is 1. The number of pyridine rings is 1. The second-order valence-electron chi connectivity index (χ2n) is 5.40. The molecule has 3 rings (SSSR count). The third-order valence-electron chi connectivity index (χ3n) is 3.75. The molecule has 0 atom stereocenters. The van der Waals surface area contributed by atoms with E-state index in [4.69, 9.17) is 9.84 Å². The first-order chi connectivity index (χ1) is 11.5. The van der Waals surface area contributed by atoms with Gasteiger partial charge in [-0.15, -0.1) is 0 Å². The van der Waals surface area contributed by atoms with Gasteiger partial charge in [0.05, 0.1) is 6.61 Å². The van der Waals surface area contributed by atoms with Gasteiger partial charge in [-0.2, -0.15) is 0 Å². The Morgan fingerprint density at radius 3 is 2.75 bits per heavy atom. The molecule has 0 aliphatic carbocycles. The molecule has 0 saturated heterocycles. The average Bonchev–Trinajstić information content (AvgIpc) is 2.98. The third kappa shape index (κ3) is 2.86. The van der Waals surface area contributed by atoms with Gasteiger partial charge >= 0.3 is 11.9 Å². The number of carboxylic acids is 1. The summed E-state index contributed by atoms with van der Waals surface area (Å²) >= 11 is 0. The molecule has 24 heavy (non-hydrogen) atoms. The summed E-state index contributed by atoms with van der Waals surface area (Å²) in [5.74, 6) is -1.47.